The molecule has 15 heteroatoms. The molecule has 232 valence electrons. The van der Waals surface area contributed by atoms with Gasteiger partial charge in [0.2, 0.25) is 0 Å². The fourth-order valence-corrected chi connectivity index (χ4v) is 6.11. The van der Waals surface area contributed by atoms with Crippen LogP contribution in [0.25, 0.3) is 5.69 Å². The average Bonchev–Trinajstić information content (AvgIpc) is 3.24. The second-order valence-electron chi connectivity index (χ2n) is 11.1. The highest BCUT2D eigenvalue weighted by atomic mass is 32.2. The Balaban J connectivity index is 1.95. The second-order valence-corrected chi connectivity index (χ2v) is 13.4. The third-order valence-corrected chi connectivity index (χ3v) is 9.12. The van der Waals surface area contributed by atoms with E-state index in [-0.39, 0.29) is 47.3 Å². The number of hydrogen-bond donors (Lipinski definition) is 1. The first-order valence-electron chi connectivity index (χ1n) is 13.2. The van der Waals surface area contributed by atoms with E-state index in [0.29, 0.717) is 25.7 Å². The number of nitriles is 1. The van der Waals surface area contributed by atoms with Crippen molar-refractivity contribution in [2.45, 2.75) is 77.1 Å². The first kappa shape index (κ1) is 33.2. The van der Waals surface area contributed by atoms with E-state index in [0.717, 1.165) is 30.5 Å². The number of halogens is 6. The van der Waals surface area contributed by atoms with Gasteiger partial charge in [0.1, 0.15) is 21.7 Å². The Kier molecular flexibility index (Phi) is 9.61. The van der Waals surface area contributed by atoms with Crippen LogP contribution in [-0.2, 0) is 22.7 Å². The molecule has 0 saturated heterocycles. The van der Waals surface area contributed by atoms with Gasteiger partial charge in [-0.2, -0.15) is 18.4 Å². The van der Waals surface area contributed by atoms with Crippen LogP contribution in [0, 0.1) is 22.7 Å². The fraction of sp³-hybridized carbons (Fsp3) is 0.593. The number of carbonyl (C=O) groups excluding carboxylic acids is 1. The number of nitrogens with zero attached hydrogens (tertiary/aromatic N) is 3. The molecular weight excluding hydrogens is 590 g/mol. The van der Waals surface area contributed by atoms with Crippen LogP contribution in [0.5, 0.6) is 5.75 Å². The number of aryl methyl sites for hydroxylation is 1. The summed E-state index contributed by atoms with van der Waals surface area (Å²) in [6.07, 6.45) is -7.16. The number of sulfone groups is 1. The molecule has 0 atom stereocenters. The molecule has 1 aromatic heterocycles. The molecule has 0 aliphatic heterocycles. The van der Waals surface area contributed by atoms with Gasteiger partial charge in [-0.3, -0.25) is 9.36 Å². The van der Waals surface area contributed by atoms with Gasteiger partial charge in [0.15, 0.2) is 17.1 Å². The largest absolute Gasteiger partial charge is 0.573 e. The first-order valence-corrected chi connectivity index (χ1v) is 15.2. The molecule has 1 fully saturated rings. The molecule has 1 aromatic carbocycles. The van der Waals surface area contributed by atoms with Crippen molar-refractivity contribution in [1.82, 2.24) is 14.9 Å². The first-order chi connectivity index (χ1) is 19.3. The normalized spacial score (nSPS) is 18.4. The number of rotatable bonds is 9. The number of nitrogens with one attached hydrogen (secondary N) is 1. The molecular formula is C27H32F6N4O4S. The standard InChI is InChI=1S/C27H32F6N4O4S/c1-5-22-36-23(24(38)35-15-16-6-9-18(10-7-16)42(4,39)40)20(14-34)37(22)19-11-8-17(12-21(19)41-27(31,32)33)13-25(2,3)26(28,29)30/h8,11-12,16,18H,5-7,9-10,13,15H2,1-4H3,(H,35,38). The molecule has 1 aliphatic carbocycles. The van der Waals surface area contributed by atoms with Gasteiger partial charge in [0, 0.05) is 19.2 Å². The van der Waals surface area contributed by atoms with E-state index in [1.165, 1.54) is 12.3 Å². The van der Waals surface area contributed by atoms with E-state index in [4.69, 9.17) is 0 Å². The van der Waals surface area contributed by atoms with Crippen LogP contribution < -0.4 is 10.1 Å². The van der Waals surface area contributed by atoms with Crippen molar-refractivity contribution in [2.24, 2.45) is 11.3 Å². The molecule has 1 N–H and O–H groups in total. The SMILES string of the molecule is CCc1nc(C(=O)NCC2CCC(S(C)(=O)=O)CC2)c(C#N)n1-c1ccc(CC(C)(C)C(F)(F)F)cc1OC(F)(F)F. The summed E-state index contributed by atoms with van der Waals surface area (Å²) in [5.74, 6) is -1.55. The molecule has 1 saturated carbocycles. The highest BCUT2D eigenvalue weighted by Gasteiger charge is 2.47. The van der Waals surface area contributed by atoms with E-state index >= 15 is 0 Å². The zero-order valence-corrected chi connectivity index (χ0v) is 24.3. The predicted molar refractivity (Wildman–Crippen MR) is 141 cm³/mol. The lowest BCUT2D eigenvalue weighted by Gasteiger charge is -2.28. The third-order valence-electron chi connectivity index (χ3n) is 7.44. The van der Waals surface area contributed by atoms with Gasteiger partial charge in [-0.1, -0.05) is 26.8 Å². The summed E-state index contributed by atoms with van der Waals surface area (Å²) >= 11 is 0. The lowest BCUT2D eigenvalue weighted by molar-refractivity contribution is -0.274. The van der Waals surface area contributed by atoms with Crippen LogP contribution in [0.4, 0.5) is 26.3 Å². The summed E-state index contributed by atoms with van der Waals surface area (Å²) in [5, 5.41) is 12.2. The van der Waals surface area contributed by atoms with Gasteiger partial charge in [-0.05, 0) is 55.7 Å². The van der Waals surface area contributed by atoms with Gasteiger partial charge < -0.3 is 10.1 Å². The summed E-state index contributed by atoms with van der Waals surface area (Å²) in [6, 6.07) is 4.96. The molecule has 0 spiro atoms. The van der Waals surface area contributed by atoms with Crippen molar-refractivity contribution >= 4 is 15.7 Å². The minimum absolute atomic E-state index is 0.00880. The smallest absolute Gasteiger partial charge is 0.404 e. The quantitative estimate of drug-likeness (QED) is 0.361. The maximum atomic E-state index is 13.4. The Morgan fingerprint density at radius 1 is 1.14 bits per heavy atom. The highest BCUT2D eigenvalue weighted by Crippen LogP contribution is 2.41. The van der Waals surface area contributed by atoms with Crippen molar-refractivity contribution in [1.29, 1.82) is 5.26 Å². The van der Waals surface area contributed by atoms with Crippen molar-refractivity contribution < 1.29 is 44.3 Å². The molecule has 3 rings (SSSR count). The van der Waals surface area contributed by atoms with E-state index in [2.05, 4.69) is 15.0 Å². The number of carbonyl (C=O) groups is 1. The van der Waals surface area contributed by atoms with Crippen LogP contribution in [0.15, 0.2) is 18.2 Å². The van der Waals surface area contributed by atoms with Crippen LogP contribution in [0.3, 0.4) is 0 Å². The molecule has 42 heavy (non-hydrogen) atoms. The summed E-state index contributed by atoms with van der Waals surface area (Å²) in [7, 11) is -3.16. The van der Waals surface area contributed by atoms with Crippen molar-refractivity contribution in [3.8, 4) is 17.5 Å². The van der Waals surface area contributed by atoms with Crippen molar-refractivity contribution in [3.63, 3.8) is 0 Å². The number of alkyl halides is 6. The maximum Gasteiger partial charge on any atom is 0.573 e. The van der Waals surface area contributed by atoms with Crippen molar-refractivity contribution in [3.05, 3.63) is 41.0 Å². The molecule has 8 nitrogen and oxygen atoms in total. The molecule has 0 bridgehead atoms. The van der Waals surface area contributed by atoms with E-state index < -0.39 is 51.1 Å². The van der Waals surface area contributed by atoms with Gasteiger partial charge in [0.25, 0.3) is 5.91 Å². The monoisotopic (exact) mass is 622 g/mol. The second kappa shape index (κ2) is 12.1. The number of hydrogen-bond acceptors (Lipinski definition) is 6. The summed E-state index contributed by atoms with van der Waals surface area (Å²) in [4.78, 5) is 17.3. The molecule has 0 radical (unpaired) electrons. The Morgan fingerprint density at radius 3 is 2.26 bits per heavy atom. The van der Waals surface area contributed by atoms with Crippen LogP contribution in [0.2, 0.25) is 0 Å². The van der Waals surface area contributed by atoms with Gasteiger partial charge in [-0.15, -0.1) is 13.2 Å². The number of amides is 1. The number of benzene rings is 1. The Bertz CT molecular complexity index is 1450. The fourth-order valence-electron chi connectivity index (χ4n) is 4.98. The van der Waals surface area contributed by atoms with E-state index in [1.807, 2.05) is 6.07 Å². The summed E-state index contributed by atoms with van der Waals surface area (Å²) < 4.78 is 109. The number of ether oxygens (including phenoxy) is 1. The third kappa shape index (κ3) is 7.76. The van der Waals surface area contributed by atoms with Crippen LogP contribution in [0.1, 0.15) is 74.0 Å². The highest BCUT2D eigenvalue weighted by molar-refractivity contribution is 7.91. The Labute approximate surface area is 240 Å². The lowest BCUT2D eigenvalue weighted by atomic mass is 9.85. The topological polar surface area (TPSA) is 114 Å². The lowest BCUT2D eigenvalue weighted by Crippen LogP contribution is -2.34. The zero-order valence-electron chi connectivity index (χ0n) is 23.5. The molecule has 0 unspecified atom stereocenters. The number of imidazole rings is 1. The van der Waals surface area contributed by atoms with E-state index in [9.17, 15) is 44.8 Å². The van der Waals surface area contributed by atoms with Gasteiger partial charge in [0.05, 0.1) is 16.4 Å². The Morgan fingerprint density at radius 2 is 1.76 bits per heavy atom. The van der Waals surface area contributed by atoms with E-state index in [1.54, 1.807) is 6.92 Å². The van der Waals surface area contributed by atoms with Crippen molar-refractivity contribution in [2.75, 3.05) is 12.8 Å². The average molecular weight is 623 g/mol. The zero-order chi connectivity index (χ0) is 31.7. The molecule has 1 aliphatic rings. The van der Waals surface area contributed by atoms with Gasteiger partial charge >= 0.3 is 12.5 Å². The van der Waals surface area contributed by atoms with Crippen LogP contribution in [-0.4, -0.2) is 54.5 Å². The summed E-state index contributed by atoms with van der Waals surface area (Å²) in [6.45, 7) is 3.63. The molecule has 1 amide bonds. The molecule has 2 aromatic rings. The maximum absolute atomic E-state index is 13.4. The minimum atomic E-state index is -5.21. The predicted octanol–water partition coefficient (Wildman–Crippen LogP) is 5.67. The molecule has 1 heterocycles. The number of aromatic nitrogens is 2. The Hall–Kier alpha value is -3.28. The minimum Gasteiger partial charge on any atom is -0.404 e. The van der Waals surface area contributed by atoms with Gasteiger partial charge in [-0.25, -0.2) is 13.4 Å². The summed E-state index contributed by atoms with van der Waals surface area (Å²) in [5.41, 5.74) is -3.36. The van der Waals surface area contributed by atoms with Crippen LogP contribution >= 0.6 is 0 Å².